The number of guanidine groups is 1. The number of benzene rings is 1. The average Bonchev–Trinajstić information content (AvgIpc) is 3.28. The highest BCUT2D eigenvalue weighted by Gasteiger charge is 2.24. The van der Waals surface area contributed by atoms with Crippen LogP contribution in [0.3, 0.4) is 0 Å². The smallest absolute Gasteiger partial charge is 0.191 e. The van der Waals surface area contributed by atoms with Crippen molar-refractivity contribution in [3.8, 4) is 0 Å². The summed E-state index contributed by atoms with van der Waals surface area (Å²) in [5.41, 5.74) is 1.40. The van der Waals surface area contributed by atoms with Crippen molar-refractivity contribution >= 4 is 17.7 Å². The van der Waals surface area contributed by atoms with Crippen LogP contribution in [0, 0.1) is 0 Å². The van der Waals surface area contributed by atoms with Crippen LogP contribution in [-0.2, 0) is 6.42 Å². The van der Waals surface area contributed by atoms with E-state index >= 15 is 0 Å². The number of rotatable bonds is 9. The van der Waals surface area contributed by atoms with Gasteiger partial charge in [-0.3, -0.25) is 9.89 Å². The predicted molar refractivity (Wildman–Crippen MR) is 124 cm³/mol. The predicted octanol–water partition coefficient (Wildman–Crippen LogP) is 3.95. The fraction of sp³-hybridized carbons (Fsp3) is 0.522. The Labute approximate surface area is 179 Å². The summed E-state index contributed by atoms with van der Waals surface area (Å²) in [4.78, 5) is 7.34. The molecule has 0 bridgehead atoms. The van der Waals surface area contributed by atoms with E-state index in [0.717, 1.165) is 62.9 Å². The Hall–Kier alpha value is -1.92. The molecule has 1 aliphatic rings. The van der Waals surface area contributed by atoms with Gasteiger partial charge in [-0.25, -0.2) is 0 Å². The Kier molecular flexibility index (Phi) is 8.96. The molecule has 0 aliphatic carbocycles. The number of piperidine rings is 1. The lowest BCUT2D eigenvalue weighted by Crippen LogP contribution is -2.49. The Morgan fingerprint density at radius 3 is 2.69 bits per heavy atom. The first-order valence-electron chi connectivity index (χ1n) is 10.6. The molecule has 1 atom stereocenters. The van der Waals surface area contributed by atoms with Crippen LogP contribution in [-0.4, -0.2) is 55.1 Å². The summed E-state index contributed by atoms with van der Waals surface area (Å²) in [6.07, 6.45) is 6.99. The Morgan fingerprint density at radius 2 is 2.00 bits per heavy atom. The third-order valence-electron chi connectivity index (χ3n) is 5.51. The maximum atomic E-state index is 5.43. The van der Waals surface area contributed by atoms with Crippen LogP contribution in [0.25, 0.3) is 0 Å². The van der Waals surface area contributed by atoms with Gasteiger partial charge in [0.25, 0.3) is 0 Å². The van der Waals surface area contributed by atoms with Gasteiger partial charge in [0.1, 0.15) is 5.76 Å². The van der Waals surface area contributed by atoms with E-state index in [0.29, 0.717) is 12.1 Å². The molecule has 5 nitrogen and oxygen atoms in total. The number of hydrogen-bond donors (Lipinski definition) is 2. The van der Waals surface area contributed by atoms with E-state index in [-0.39, 0.29) is 0 Å². The summed E-state index contributed by atoms with van der Waals surface area (Å²) < 4.78 is 5.43. The lowest BCUT2D eigenvalue weighted by Gasteiger charge is -2.37. The van der Waals surface area contributed by atoms with Gasteiger partial charge in [0.2, 0.25) is 0 Å². The van der Waals surface area contributed by atoms with Crippen LogP contribution in [0.2, 0.25) is 0 Å². The van der Waals surface area contributed by atoms with E-state index in [1.54, 1.807) is 6.26 Å². The van der Waals surface area contributed by atoms with Crippen molar-refractivity contribution in [2.75, 3.05) is 38.2 Å². The van der Waals surface area contributed by atoms with Crippen LogP contribution < -0.4 is 10.6 Å². The van der Waals surface area contributed by atoms with E-state index in [4.69, 9.17) is 9.41 Å². The molecule has 1 saturated heterocycles. The Balaban J connectivity index is 1.47. The number of thioether (sulfide) groups is 1. The highest BCUT2D eigenvalue weighted by molar-refractivity contribution is 7.98. The van der Waals surface area contributed by atoms with Crippen LogP contribution in [0.4, 0.5) is 0 Å². The lowest BCUT2D eigenvalue weighted by atomic mass is 10.0. The molecule has 1 aliphatic heterocycles. The first-order chi connectivity index (χ1) is 14.3. The molecule has 2 N–H and O–H groups in total. The van der Waals surface area contributed by atoms with E-state index in [1.807, 2.05) is 23.9 Å². The van der Waals surface area contributed by atoms with Crippen molar-refractivity contribution in [3.63, 3.8) is 0 Å². The minimum atomic E-state index is 0.471. The lowest BCUT2D eigenvalue weighted by molar-refractivity contribution is 0.158. The van der Waals surface area contributed by atoms with E-state index in [9.17, 15) is 0 Å². The number of aliphatic imine (C=N–C) groups is 1. The van der Waals surface area contributed by atoms with Gasteiger partial charge in [-0.2, -0.15) is 11.8 Å². The standard InChI is InChI=1S/C23H34N4OS/c1-19(20-7-4-3-5-8-20)27-15-11-21(12-16-27)26-23(25-14-18-29-2)24-13-10-22-9-6-17-28-22/h3-9,17,19,21H,10-16,18H2,1-2H3,(H2,24,25,26). The Bertz CT molecular complexity index is 712. The van der Waals surface area contributed by atoms with E-state index in [2.05, 4.69) is 59.0 Å². The summed E-state index contributed by atoms with van der Waals surface area (Å²) in [5.74, 6) is 2.97. The van der Waals surface area contributed by atoms with Gasteiger partial charge in [0.15, 0.2) is 5.96 Å². The van der Waals surface area contributed by atoms with Crippen LogP contribution >= 0.6 is 11.8 Å². The highest BCUT2D eigenvalue weighted by atomic mass is 32.2. The largest absolute Gasteiger partial charge is 0.469 e. The van der Waals surface area contributed by atoms with E-state index < -0.39 is 0 Å². The van der Waals surface area contributed by atoms with Crippen LogP contribution in [0.5, 0.6) is 0 Å². The quantitative estimate of drug-likeness (QED) is 0.370. The second kappa shape index (κ2) is 11.9. The molecule has 0 amide bonds. The first kappa shape index (κ1) is 21.8. The van der Waals surface area contributed by atoms with Gasteiger partial charge in [-0.15, -0.1) is 0 Å². The molecule has 1 fully saturated rings. The highest BCUT2D eigenvalue weighted by Crippen LogP contribution is 2.23. The fourth-order valence-corrected chi connectivity index (χ4v) is 4.00. The van der Waals surface area contributed by atoms with Crippen LogP contribution in [0.15, 0.2) is 58.1 Å². The fourth-order valence-electron chi connectivity index (χ4n) is 3.73. The molecule has 29 heavy (non-hydrogen) atoms. The number of nitrogens with one attached hydrogen (secondary N) is 2. The third-order valence-corrected chi connectivity index (χ3v) is 6.10. The minimum absolute atomic E-state index is 0.471. The summed E-state index contributed by atoms with van der Waals surface area (Å²) >= 11 is 1.83. The maximum Gasteiger partial charge on any atom is 0.191 e. The van der Waals surface area contributed by atoms with Gasteiger partial charge >= 0.3 is 0 Å². The van der Waals surface area contributed by atoms with Crippen molar-refractivity contribution in [1.29, 1.82) is 0 Å². The molecule has 3 rings (SSSR count). The zero-order valence-electron chi connectivity index (χ0n) is 17.6. The zero-order chi connectivity index (χ0) is 20.3. The molecule has 1 aromatic heterocycles. The van der Waals surface area contributed by atoms with Crippen molar-refractivity contribution in [2.24, 2.45) is 4.99 Å². The van der Waals surface area contributed by atoms with E-state index in [1.165, 1.54) is 5.56 Å². The average molecular weight is 415 g/mol. The molecule has 158 valence electrons. The SMILES string of the molecule is CSCCN=C(NCCc1ccco1)NC1CCN(C(C)c2ccccc2)CC1. The summed E-state index contributed by atoms with van der Waals surface area (Å²) in [6, 6.07) is 15.7. The van der Waals surface area contributed by atoms with Crippen molar-refractivity contribution in [2.45, 2.75) is 38.3 Å². The van der Waals surface area contributed by atoms with Gasteiger partial charge < -0.3 is 15.1 Å². The molecular formula is C23H34N4OS. The van der Waals surface area contributed by atoms with Crippen LogP contribution in [0.1, 0.15) is 37.1 Å². The molecule has 1 aromatic carbocycles. The summed E-state index contributed by atoms with van der Waals surface area (Å²) in [6.45, 7) is 6.19. The van der Waals surface area contributed by atoms with Crippen molar-refractivity contribution in [3.05, 3.63) is 60.1 Å². The van der Waals surface area contributed by atoms with Gasteiger partial charge in [-0.05, 0) is 43.7 Å². The maximum absolute atomic E-state index is 5.43. The van der Waals surface area contributed by atoms with Gasteiger partial charge in [-0.1, -0.05) is 30.3 Å². The zero-order valence-corrected chi connectivity index (χ0v) is 18.5. The number of likely N-dealkylation sites (tertiary alicyclic amines) is 1. The van der Waals surface area contributed by atoms with Crippen molar-refractivity contribution < 1.29 is 4.42 Å². The molecule has 6 heteroatoms. The minimum Gasteiger partial charge on any atom is -0.469 e. The Morgan fingerprint density at radius 1 is 1.21 bits per heavy atom. The normalized spacial score (nSPS) is 17.2. The molecule has 2 aromatic rings. The van der Waals surface area contributed by atoms with Crippen molar-refractivity contribution in [1.82, 2.24) is 15.5 Å². The molecular weight excluding hydrogens is 380 g/mol. The van der Waals surface area contributed by atoms with Gasteiger partial charge in [0.05, 0.1) is 12.8 Å². The monoisotopic (exact) mass is 414 g/mol. The molecule has 0 spiro atoms. The molecule has 0 saturated carbocycles. The third kappa shape index (κ3) is 7.12. The molecule has 2 heterocycles. The number of furan rings is 1. The summed E-state index contributed by atoms with van der Waals surface area (Å²) in [5, 5.41) is 7.15. The molecule has 1 unspecified atom stereocenters. The summed E-state index contributed by atoms with van der Waals surface area (Å²) in [7, 11) is 0. The number of hydrogen-bond acceptors (Lipinski definition) is 4. The number of nitrogens with zero attached hydrogens (tertiary/aromatic N) is 2. The van der Waals surface area contributed by atoms with Gasteiger partial charge in [0, 0.05) is 43.9 Å². The topological polar surface area (TPSA) is 52.8 Å². The second-order valence-electron chi connectivity index (χ2n) is 7.52. The second-order valence-corrected chi connectivity index (χ2v) is 8.51. The first-order valence-corrected chi connectivity index (χ1v) is 12.0. The molecule has 0 radical (unpaired) electrons.